The second-order valence-corrected chi connectivity index (χ2v) is 4.86. The average Bonchev–Trinajstić information content (AvgIpc) is 2.83. The van der Waals surface area contributed by atoms with Gasteiger partial charge in [0.05, 0.1) is 6.42 Å². The summed E-state index contributed by atoms with van der Waals surface area (Å²) in [5, 5.41) is 0.602. The highest BCUT2D eigenvalue weighted by molar-refractivity contribution is 7.98. The van der Waals surface area contributed by atoms with Crippen molar-refractivity contribution >= 4 is 11.8 Å². The van der Waals surface area contributed by atoms with Gasteiger partial charge in [-0.25, -0.2) is 4.98 Å². The lowest BCUT2D eigenvalue weighted by Crippen LogP contribution is -2.26. The van der Waals surface area contributed by atoms with Crippen LogP contribution in [0.2, 0.25) is 0 Å². The summed E-state index contributed by atoms with van der Waals surface area (Å²) in [5.41, 5.74) is 0.401. The lowest BCUT2D eigenvalue weighted by Gasteiger charge is -2.09. The van der Waals surface area contributed by atoms with E-state index in [1.54, 1.807) is 6.20 Å². The summed E-state index contributed by atoms with van der Waals surface area (Å²) in [6.07, 6.45) is 3.32. The minimum Gasteiger partial charge on any atom is -0.451 e. The minimum absolute atomic E-state index is 0.150. The van der Waals surface area contributed by atoms with Crippen LogP contribution < -0.4 is 15.0 Å². The van der Waals surface area contributed by atoms with E-state index in [-0.39, 0.29) is 5.56 Å². The number of hydrogen-bond donors (Lipinski definition) is 1. The van der Waals surface area contributed by atoms with E-state index in [4.69, 9.17) is 9.47 Å². The van der Waals surface area contributed by atoms with E-state index >= 15 is 0 Å². The van der Waals surface area contributed by atoms with Gasteiger partial charge in [-0.1, -0.05) is 23.9 Å². The fourth-order valence-electron chi connectivity index (χ4n) is 1.87. The van der Waals surface area contributed by atoms with Crippen molar-refractivity contribution < 1.29 is 9.47 Å². The van der Waals surface area contributed by atoms with Crippen LogP contribution in [0.4, 0.5) is 0 Å². The number of nitrogens with one attached hydrogen (secondary N) is 1. The van der Waals surface area contributed by atoms with E-state index in [0.717, 1.165) is 0 Å². The summed E-state index contributed by atoms with van der Waals surface area (Å²) in [7, 11) is 0. The first-order valence-corrected chi connectivity index (χ1v) is 7.03. The van der Waals surface area contributed by atoms with Crippen LogP contribution in [0, 0.1) is 0 Å². The molecule has 0 fully saturated rings. The molecule has 5 nitrogen and oxygen atoms in total. The maximum atomic E-state index is 11.8. The Morgan fingerprint density at radius 2 is 2.00 bits per heavy atom. The summed E-state index contributed by atoms with van der Waals surface area (Å²) < 4.78 is 11.2. The summed E-state index contributed by atoms with van der Waals surface area (Å²) in [4.78, 5) is 18.7. The first-order chi connectivity index (χ1) is 9.26. The molecule has 1 N–H and O–H groups in total. The largest absolute Gasteiger partial charge is 0.451 e. The van der Waals surface area contributed by atoms with Crippen molar-refractivity contribution in [1.29, 1.82) is 0 Å². The average molecular weight is 276 g/mol. The number of rotatable bonds is 3. The van der Waals surface area contributed by atoms with Crippen LogP contribution in [-0.4, -0.2) is 22.5 Å². The molecule has 3 rings (SSSR count). The Hall–Kier alpha value is -1.95. The van der Waals surface area contributed by atoms with Crippen LogP contribution >= 0.6 is 11.8 Å². The van der Waals surface area contributed by atoms with Crippen LogP contribution in [0.3, 0.4) is 0 Å². The first kappa shape index (κ1) is 12.1. The quantitative estimate of drug-likeness (QED) is 0.684. The fraction of sp³-hybridized carbons (Fsp3) is 0.231. The van der Waals surface area contributed by atoms with Gasteiger partial charge in [0.1, 0.15) is 0 Å². The molecule has 0 saturated carbocycles. The number of H-pyrrole nitrogens is 1. The second-order valence-electron chi connectivity index (χ2n) is 4.06. The van der Waals surface area contributed by atoms with Crippen molar-refractivity contribution in [2.45, 2.75) is 17.9 Å². The van der Waals surface area contributed by atoms with Gasteiger partial charge in [-0.15, -0.1) is 0 Å². The number of fused-ring (bicyclic) bond motifs is 1. The van der Waals surface area contributed by atoms with Crippen molar-refractivity contribution in [3.8, 4) is 11.5 Å². The molecule has 0 spiro atoms. The molecule has 19 heavy (non-hydrogen) atoms. The van der Waals surface area contributed by atoms with Gasteiger partial charge >= 0.3 is 0 Å². The normalized spacial score (nSPS) is 13.7. The van der Waals surface area contributed by atoms with Crippen molar-refractivity contribution in [1.82, 2.24) is 9.97 Å². The third kappa shape index (κ3) is 2.44. The van der Waals surface area contributed by atoms with Gasteiger partial charge in [-0.3, -0.25) is 4.79 Å². The molecule has 0 unspecified atom stereocenters. The molecular weight excluding hydrogens is 264 g/mol. The number of ether oxygens (including phenoxy) is 2. The van der Waals surface area contributed by atoms with Gasteiger partial charge in [-0.05, 0) is 18.4 Å². The van der Waals surface area contributed by atoms with Crippen molar-refractivity contribution in [3.05, 3.63) is 46.4 Å². The molecule has 2 aromatic rings. The molecule has 98 valence electrons. The zero-order chi connectivity index (χ0) is 13.2. The van der Waals surface area contributed by atoms with Gasteiger partial charge in [-0.2, -0.15) is 0 Å². The molecule has 2 heterocycles. The number of aromatic amines is 1. The molecule has 6 heteroatoms. The Labute approximate surface area is 114 Å². The van der Waals surface area contributed by atoms with E-state index in [1.807, 2.05) is 30.5 Å². The van der Waals surface area contributed by atoms with E-state index in [2.05, 4.69) is 9.97 Å². The summed E-state index contributed by atoms with van der Waals surface area (Å²) in [6, 6.07) is 7.45. The Morgan fingerprint density at radius 3 is 2.58 bits per heavy atom. The molecule has 0 radical (unpaired) electrons. The van der Waals surface area contributed by atoms with Gasteiger partial charge in [0.2, 0.25) is 6.29 Å². The third-order valence-corrected chi connectivity index (χ3v) is 3.39. The number of nitrogens with zero attached hydrogens (tertiary/aromatic N) is 1. The van der Waals surface area contributed by atoms with Crippen LogP contribution in [0.1, 0.15) is 5.56 Å². The van der Waals surface area contributed by atoms with Crippen LogP contribution in [0.5, 0.6) is 11.5 Å². The number of hydrogen-bond acceptors (Lipinski definition) is 5. The molecule has 0 bridgehead atoms. The highest BCUT2D eigenvalue weighted by atomic mass is 32.2. The van der Waals surface area contributed by atoms with Crippen LogP contribution in [0.25, 0.3) is 0 Å². The number of para-hydroxylation sites is 2. The molecule has 1 aliphatic heterocycles. The predicted octanol–water partition coefficient (Wildman–Crippen LogP) is 1.83. The van der Waals surface area contributed by atoms with E-state index in [0.29, 0.717) is 28.6 Å². The highest BCUT2D eigenvalue weighted by Gasteiger charge is 2.24. The van der Waals surface area contributed by atoms with E-state index in [9.17, 15) is 4.79 Å². The summed E-state index contributed by atoms with van der Waals surface area (Å²) in [5.74, 6) is 1.41. The number of aromatic nitrogens is 2. The number of thioether (sulfide) groups is 1. The Morgan fingerprint density at radius 1 is 1.32 bits per heavy atom. The molecule has 1 aromatic heterocycles. The smallest absolute Gasteiger partial charge is 0.254 e. The predicted molar refractivity (Wildman–Crippen MR) is 71.8 cm³/mol. The van der Waals surface area contributed by atoms with Crippen molar-refractivity contribution in [2.24, 2.45) is 0 Å². The maximum Gasteiger partial charge on any atom is 0.254 e. The molecule has 1 aliphatic rings. The molecule has 0 atom stereocenters. The van der Waals surface area contributed by atoms with E-state index < -0.39 is 6.29 Å². The first-order valence-electron chi connectivity index (χ1n) is 5.81. The molecule has 1 aromatic carbocycles. The Bertz CT molecular complexity index is 631. The zero-order valence-corrected chi connectivity index (χ0v) is 11.1. The van der Waals surface area contributed by atoms with E-state index in [1.165, 1.54) is 11.8 Å². The van der Waals surface area contributed by atoms with Gasteiger partial charge in [0.15, 0.2) is 16.7 Å². The summed E-state index contributed by atoms with van der Waals surface area (Å²) in [6.45, 7) is 0. The topological polar surface area (TPSA) is 64.2 Å². The molecular formula is C13H12N2O3S. The number of benzene rings is 1. The fourth-order valence-corrected chi connectivity index (χ4v) is 2.22. The lowest BCUT2D eigenvalue weighted by molar-refractivity contribution is 0.0498. The minimum atomic E-state index is -0.472. The van der Waals surface area contributed by atoms with Crippen LogP contribution in [-0.2, 0) is 6.42 Å². The molecule has 0 aliphatic carbocycles. The van der Waals surface area contributed by atoms with Crippen LogP contribution in [0.15, 0.2) is 40.4 Å². The monoisotopic (exact) mass is 276 g/mol. The summed E-state index contributed by atoms with van der Waals surface area (Å²) >= 11 is 1.40. The van der Waals surface area contributed by atoms with Gasteiger partial charge < -0.3 is 14.5 Å². The third-order valence-electron chi connectivity index (χ3n) is 2.80. The molecule has 0 amide bonds. The Kier molecular flexibility index (Phi) is 3.16. The lowest BCUT2D eigenvalue weighted by atomic mass is 10.2. The second kappa shape index (κ2) is 4.97. The van der Waals surface area contributed by atoms with Crippen molar-refractivity contribution in [2.75, 3.05) is 6.26 Å². The van der Waals surface area contributed by atoms with Gasteiger partial charge in [0.25, 0.3) is 5.56 Å². The molecule has 0 saturated heterocycles. The highest BCUT2D eigenvalue weighted by Crippen LogP contribution is 2.34. The zero-order valence-electron chi connectivity index (χ0n) is 10.3. The standard InChI is InChI=1S/C13H12N2O3S/c1-19-13-14-7-8(12(16)15-13)6-11-17-9-4-2-3-5-10(9)18-11/h2-5,7,11H,6H2,1H3,(H,14,15,16). The maximum absolute atomic E-state index is 11.8. The van der Waals surface area contributed by atoms with Gasteiger partial charge in [0, 0.05) is 11.8 Å². The SMILES string of the molecule is CSc1ncc(CC2Oc3ccccc3O2)c(=O)[nH]1. The Balaban J connectivity index is 1.76. The van der Waals surface area contributed by atoms with Crippen molar-refractivity contribution in [3.63, 3.8) is 0 Å².